The lowest BCUT2D eigenvalue weighted by Gasteiger charge is -2.16. The van der Waals surface area contributed by atoms with E-state index in [-0.39, 0.29) is 36.5 Å². The Balaban J connectivity index is 0.000000197. The van der Waals surface area contributed by atoms with Gasteiger partial charge in [0.15, 0.2) is 0 Å². The molecule has 0 saturated carbocycles. The summed E-state index contributed by atoms with van der Waals surface area (Å²) < 4.78 is 71.6. The molecule has 0 bridgehead atoms. The molecule has 0 atom stereocenters. The molecular formula is C52H44Cl2F4N2O6. The molecule has 2 aliphatic rings. The van der Waals surface area contributed by atoms with Gasteiger partial charge in [0.2, 0.25) is 0 Å². The fraction of sp³-hybridized carbons (Fsp3) is 0.192. The van der Waals surface area contributed by atoms with Crippen molar-refractivity contribution in [2.45, 2.75) is 58.7 Å². The topological polar surface area (TPSA) is 134 Å². The van der Waals surface area contributed by atoms with E-state index in [1.54, 1.807) is 61.5 Å². The van der Waals surface area contributed by atoms with Gasteiger partial charge in [-0.1, -0.05) is 23.2 Å². The predicted octanol–water partition coefficient (Wildman–Crippen LogP) is 13.6. The third-order valence-electron chi connectivity index (χ3n) is 11.1. The molecule has 6 aromatic rings. The van der Waals surface area contributed by atoms with Gasteiger partial charge >= 0.3 is 11.9 Å². The average molecular weight is 940 g/mol. The van der Waals surface area contributed by atoms with Crippen molar-refractivity contribution in [2.75, 3.05) is 18.1 Å². The Labute approximate surface area is 389 Å². The minimum absolute atomic E-state index is 0.0609. The minimum atomic E-state index is -1.05. The van der Waals surface area contributed by atoms with Crippen LogP contribution in [0, 0.1) is 23.3 Å². The number of carboxylic acids is 1. The van der Waals surface area contributed by atoms with E-state index in [1.807, 2.05) is 12.1 Å². The molecule has 0 radical (unpaired) electrons. The zero-order valence-corrected chi connectivity index (χ0v) is 37.2. The third-order valence-corrected chi connectivity index (χ3v) is 11.6. The van der Waals surface area contributed by atoms with Crippen LogP contribution in [0.15, 0.2) is 109 Å². The number of aromatic carboxylic acids is 1. The number of ether oxygens (including phenoxy) is 3. The van der Waals surface area contributed by atoms with Gasteiger partial charge in [-0.3, -0.25) is 0 Å². The summed E-state index contributed by atoms with van der Waals surface area (Å²) in [6.07, 6.45) is 4.85. The normalized spacial score (nSPS) is 13.4. The molecule has 0 saturated heterocycles. The first-order valence-electron chi connectivity index (χ1n) is 21.1. The van der Waals surface area contributed by atoms with Crippen LogP contribution in [0.5, 0.6) is 11.5 Å². The summed E-state index contributed by atoms with van der Waals surface area (Å²) in [6.45, 7) is 1.88. The molecular weight excluding hydrogens is 895 g/mol. The molecule has 0 amide bonds. The summed E-state index contributed by atoms with van der Waals surface area (Å²) in [6, 6.07) is 27.2. The maximum Gasteiger partial charge on any atom is 0.338 e. The van der Waals surface area contributed by atoms with Crippen molar-refractivity contribution in [2.24, 2.45) is 0 Å². The van der Waals surface area contributed by atoms with Gasteiger partial charge in [-0.2, -0.15) is 0 Å². The van der Waals surface area contributed by atoms with E-state index in [2.05, 4.69) is 0 Å². The van der Waals surface area contributed by atoms with Gasteiger partial charge in [0, 0.05) is 55.8 Å². The number of benzene rings is 6. The number of hydrogen-bond donors (Lipinski definition) is 3. The van der Waals surface area contributed by atoms with Crippen LogP contribution in [0.25, 0.3) is 22.3 Å². The molecule has 0 aromatic heterocycles. The number of carboxylic acid groups (broad SMARTS) is 1. The summed E-state index contributed by atoms with van der Waals surface area (Å²) in [5.74, 6) is -3.06. The molecule has 66 heavy (non-hydrogen) atoms. The summed E-state index contributed by atoms with van der Waals surface area (Å²) in [7, 11) is 0. The van der Waals surface area contributed by atoms with E-state index in [1.165, 1.54) is 30.3 Å². The average Bonchev–Trinajstić information content (AvgIpc) is 3.98. The van der Waals surface area contributed by atoms with Gasteiger partial charge in [-0.25, -0.2) is 27.2 Å². The Morgan fingerprint density at radius 1 is 0.576 bits per heavy atom. The number of esters is 1. The van der Waals surface area contributed by atoms with Crippen molar-refractivity contribution in [1.82, 2.24) is 0 Å². The van der Waals surface area contributed by atoms with Crippen molar-refractivity contribution in [3.8, 4) is 11.5 Å². The Hall–Kier alpha value is -6.76. The number of nitrogens with two attached hydrogens (primary N) is 2. The molecule has 8 rings (SSSR count). The first-order chi connectivity index (χ1) is 31.7. The fourth-order valence-electron chi connectivity index (χ4n) is 8.14. The highest BCUT2D eigenvalue weighted by Gasteiger charge is 2.25. The molecule has 0 aliphatic heterocycles. The van der Waals surface area contributed by atoms with Crippen LogP contribution in [0.3, 0.4) is 0 Å². The monoisotopic (exact) mass is 938 g/mol. The SMILES string of the molecule is CCOC(=O)c1cc(N)cc(C2=C(c3cc(Cl)ccc3OCc3ccc(F)cc3F)CCC2)c1.Nc1cc(C(=O)O)cc(C2=C(c3cc(Cl)ccc3OCc3ccc(F)cc3F)CCC2)c1. The number of rotatable bonds is 13. The molecule has 14 heteroatoms. The molecule has 0 fully saturated rings. The maximum absolute atomic E-state index is 14.1. The number of carbonyl (C=O) groups is 2. The van der Waals surface area contributed by atoms with Crippen LogP contribution in [-0.2, 0) is 18.0 Å². The van der Waals surface area contributed by atoms with Crippen molar-refractivity contribution in [1.29, 1.82) is 0 Å². The quantitative estimate of drug-likeness (QED) is 0.0592. The van der Waals surface area contributed by atoms with Crippen LogP contribution < -0.4 is 20.9 Å². The van der Waals surface area contributed by atoms with Gasteiger partial charge in [-0.15, -0.1) is 0 Å². The van der Waals surface area contributed by atoms with Crippen molar-refractivity contribution in [3.63, 3.8) is 0 Å². The van der Waals surface area contributed by atoms with E-state index in [4.69, 9.17) is 48.9 Å². The van der Waals surface area contributed by atoms with Crippen molar-refractivity contribution >= 4 is 68.8 Å². The van der Waals surface area contributed by atoms with E-state index in [0.717, 1.165) is 95.2 Å². The largest absolute Gasteiger partial charge is 0.488 e. The summed E-state index contributed by atoms with van der Waals surface area (Å²) in [4.78, 5) is 23.8. The van der Waals surface area contributed by atoms with Gasteiger partial charge in [-0.05, 0) is 176 Å². The fourth-order valence-corrected chi connectivity index (χ4v) is 8.49. The smallest absolute Gasteiger partial charge is 0.338 e. The summed E-state index contributed by atoms with van der Waals surface area (Å²) in [5.41, 5.74) is 21.0. The Morgan fingerprint density at radius 3 is 1.45 bits per heavy atom. The number of allylic oxidation sites excluding steroid dienone is 4. The molecule has 6 aromatic carbocycles. The van der Waals surface area contributed by atoms with E-state index < -0.39 is 35.2 Å². The highest BCUT2D eigenvalue weighted by atomic mass is 35.5. The standard InChI is InChI=1S/C27H24ClF2NO3.C25H20ClF2NO3/c1-2-33-27(32)18-10-17(11-21(31)12-18)22-4-3-5-23(22)24-13-19(28)7-9-26(24)34-15-16-6-8-20(29)14-25(16)30;26-17-5-7-24(32-13-14-4-6-18(27)12-23(14)28)22(11-17)21-3-1-2-20(21)15-8-16(25(30)31)10-19(29)9-15/h6-14H,2-5,15,31H2,1H3;4-12H,1-3,13,29H2,(H,30,31). The predicted molar refractivity (Wildman–Crippen MR) is 250 cm³/mol. The van der Waals surface area contributed by atoms with Crippen LogP contribution in [0.4, 0.5) is 28.9 Å². The third kappa shape index (κ3) is 11.4. The molecule has 5 N–H and O–H groups in total. The van der Waals surface area contributed by atoms with E-state index in [9.17, 15) is 32.3 Å². The molecule has 0 heterocycles. The van der Waals surface area contributed by atoms with Gasteiger partial charge in [0.1, 0.15) is 48.0 Å². The Morgan fingerprint density at radius 2 is 1.02 bits per heavy atom. The number of anilines is 2. The highest BCUT2D eigenvalue weighted by molar-refractivity contribution is 6.31. The number of carbonyl (C=O) groups excluding carboxylic acids is 1. The van der Waals surface area contributed by atoms with Crippen LogP contribution in [0.2, 0.25) is 10.0 Å². The van der Waals surface area contributed by atoms with Gasteiger partial charge < -0.3 is 30.8 Å². The van der Waals surface area contributed by atoms with Crippen LogP contribution in [0.1, 0.15) is 99.5 Å². The second-order valence-corrected chi connectivity index (χ2v) is 16.5. The molecule has 0 unspecified atom stereocenters. The second-order valence-electron chi connectivity index (χ2n) is 15.7. The van der Waals surface area contributed by atoms with Crippen molar-refractivity contribution in [3.05, 3.63) is 187 Å². The maximum atomic E-state index is 14.1. The molecule has 0 spiro atoms. The first kappa shape index (κ1) is 47.2. The lowest BCUT2D eigenvalue weighted by molar-refractivity contribution is 0.0525. The molecule has 2 aliphatic carbocycles. The Bertz CT molecular complexity index is 2900. The summed E-state index contributed by atoms with van der Waals surface area (Å²) >= 11 is 12.6. The minimum Gasteiger partial charge on any atom is -0.488 e. The zero-order valence-electron chi connectivity index (χ0n) is 35.7. The summed E-state index contributed by atoms with van der Waals surface area (Å²) in [5, 5.41) is 10.4. The van der Waals surface area contributed by atoms with E-state index in [0.29, 0.717) is 38.5 Å². The second kappa shape index (κ2) is 21.0. The zero-order chi connectivity index (χ0) is 47.1. The Kier molecular flexibility index (Phi) is 15.0. The number of hydrogen-bond acceptors (Lipinski definition) is 7. The van der Waals surface area contributed by atoms with E-state index >= 15 is 0 Å². The lowest BCUT2D eigenvalue weighted by Crippen LogP contribution is -2.06. The molecule has 8 nitrogen and oxygen atoms in total. The molecule has 340 valence electrons. The van der Waals surface area contributed by atoms with Crippen LogP contribution >= 0.6 is 23.2 Å². The van der Waals surface area contributed by atoms with Gasteiger partial charge in [0.25, 0.3) is 0 Å². The van der Waals surface area contributed by atoms with Crippen LogP contribution in [-0.4, -0.2) is 23.7 Å². The number of nitrogen functional groups attached to an aromatic ring is 2. The first-order valence-corrected chi connectivity index (χ1v) is 21.8. The number of halogens is 6. The highest BCUT2D eigenvalue weighted by Crippen LogP contribution is 2.46. The lowest BCUT2D eigenvalue weighted by atomic mass is 9.95. The van der Waals surface area contributed by atoms with Gasteiger partial charge in [0.05, 0.1) is 17.7 Å². The van der Waals surface area contributed by atoms with Crippen molar-refractivity contribution < 1.29 is 46.5 Å².